The molecule has 0 aliphatic heterocycles. The van der Waals surface area contributed by atoms with Gasteiger partial charge in [-0.15, -0.1) is 0 Å². The Morgan fingerprint density at radius 2 is 2.19 bits per heavy atom. The first-order chi connectivity index (χ1) is 7.67. The van der Waals surface area contributed by atoms with E-state index in [1.165, 1.54) is 5.56 Å². The van der Waals surface area contributed by atoms with Crippen LogP contribution in [0.25, 0.3) is 0 Å². The Morgan fingerprint density at radius 1 is 1.44 bits per heavy atom. The SMILES string of the molecule is CCC(COC)N[C@@H](C)c1cccc(Br)c1. The zero-order chi connectivity index (χ0) is 12.0. The van der Waals surface area contributed by atoms with E-state index < -0.39 is 0 Å². The molecule has 3 heteroatoms. The van der Waals surface area contributed by atoms with Crippen LogP contribution in [0.5, 0.6) is 0 Å². The molecule has 0 heterocycles. The quantitative estimate of drug-likeness (QED) is 0.864. The van der Waals surface area contributed by atoms with Gasteiger partial charge in [-0.25, -0.2) is 0 Å². The number of ether oxygens (including phenoxy) is 1. The summed E-state index contributed by atoms with van der Waals surface area (Å²) in [6.45, 7) is 5.11. The van der Waals surface area contributed by atoms with Crippen molar-refractivity contribution in [3.63, 3.8) is 0 Å². The lowest BCUT2D eigenvalue weighted by atomic mass is 10.1. The fourth-order valence-electron chi connectivity index (χ4n) is 1.71. The van der Waals surface area contributed by atoms with Gasteiger partial charge in [0.2, 0.25) is 0 Å². The molecule has 90 valence electrons. The van der Waals surface area contributed by atoms with E-state index >= 15 is 0 Å². The van der Waals surface area contributed by atoms with Crippen LogP contribution in [0.15, 0.2) is 28.7 Å². The third kappa shape index (κ3) is 4.24. The zero-order valence-electron chi connectivity index (χ0n) is 10.2. The van der Waals surface area contributed by atoms with Gasteiger partial charge >= 0.3 is 0 Å². The van der Waals surface area contributed by atoms with E-state index in [9.17, 15) is 0 Å². The lowest BCUT2D eigenvalue weighted by molar-refractivity contribution is 0.159. The van der Waals surface area contributed by atoms with Crippen LogP contribution in [0.4, 0.5) is 0 Å². The normalized spacial score (nSPS) is 14.8. The van der Waals surface area contributed by atoms with Crippen LogP contribution in [0.1, 0.15) is 31.9 Å². The van der Waals surface area contributed by atoms with Crippen molar-refractivity contribution in [1.82, 2.24) is 5.32 Å². The van der Waals surface area contributed by atoms with Crippen molar-refractivity contribution in [2.24, 2.45) is 0 Å². The molecule has 1 aromatic rings. The van der Waals surface area contributed by atoms with Gasteiger partial charge in [0.05, 0.1) is 6.61 Å². The largest absolute Gasteiger partial charge is 0.383 e. The molecule has 1 rings (SSSR count). The lowest BCUT2D eigenvalue weighted by Crippen LogP contribution is -2.34. The average Bonchev–Trinajstić information content (AvgIpc) is 2.28. The van der Waals surface area contributed by atoms with Crippen molar-refractivity contribution in [3.8, 4) is 0 Å². The molecule has 0 fully saturated rings. The second kappa shape index (κ2) is 7.05. The highest BCUT2D eigenvalue weighted by atomic mass is 79.9. The summed E-state index contributed by atoms with van der Waals surface area (Å²) in [5.41, 5.74) is 1.30. The number of hydrogen-bond donors (Lipinski definition) is 1. The Hall–Kier alpha value is -0.380. The summed E-state index contributed by atoms with van der Waals surface area (Å²) in [5.74, 6) is 0. The first-order valence-electron chi connectivity index (χ1n) is 5.67. The third-order valence-electron chi connectivity index (χ3n) is 2.70. The maximum atomic E-state index is 5.18. The lowest BCUT2D eigenvalue weighted by Gasteiger charge is -2.22. The molecule has 16 heavy (non-hydrogen) atoms. The molecule has 0 aliphatic carbocycles. The molecule has 0 bridgehead atoms. The van der Waals surface area contributed by atoms with E-state index in [2.05, 4.69) is 53.3 Å². The van der Waals surface area contributed by atoms with Gasteiger partial charge in [-0.3, -0.25) is 0 Å². The molecule has 0 amide bonds. The molecule has 1 N–H and O–H groups in total. The van der Waals surface area contributed by atoms with E-state index in [0.29, 0.717) is 12.1 Å². The van der Waals surface area contributed by atoms with Crippen LogP contribution in [0.3, 0.4) is 0 Å². The molecule has 1 aromatic carbocycles. The van der Waals surface area contributed by atoms with Crippen molar-refractivity contribution >= 4 is 15.9 Å². The van der Waals surface area contributed by atoms with Crippen LogP contribution >= 0.6 is 15.9 Å². The van der Waals surface area contributed by atoms with E-state index in [4.69, 9.17) is 4.74 Å². The van der Waals surface area contributed by atoms with Gasteiger partial charge < -0.3 is 10.1 Å². The number of nitrogens with one attached hydrogen (secondary N) is 1. The highest BCUT2D eigenvalue weighted by Gasteiger charge is 2.11. The fraction of sp³-hybridized carbons (Fsp3) is 0.538. The maximum absolute atomic E-state index is 5.18. The van der Waals surface area contributed by atoms with Gasteiger partial charge in [0.1, 0.15) is 0 Å². The molecule has 2 atom stereocenters. The first-order valence-corrected chi connectivity index (χ1v) is 6.47. The van der Waals surface area contributed by atoms with Crippen molar-refractivity contribution in [2.45, 2.75) is 32.4 Å². The van der Waals surface area contributed by atoms with Gasteiger partial charge in [-0.05, 0) is 31.0 Å². The molecular weight excluding hydrogens is 266 g/mol. The number of methoxy groups -OCH3 is 1. The summed E-state index contributed by atoms with van der Waals surface area (Å²) in [5, 5.41) is 3.57. The second-order valence-electron chi connectivity index (χ2n) is 4.00. The van der Waals surface area contributed by atoms with Crippen LogP contribution in [0, 0.1) is 0 Å². The minimum atomic E-state index is 0.345. The van der Waals surface area contributed by atoms with Crippen LogP contribution in [0.2, 0.25) is 0 Å². The number of halogens is 1. The summed E-state index contributed by atoms with van der Waals surface area (Å²) < 4.78 is 6.31. The summed E-state index contributed by atoms with van der Waals surface area (Å²) in [7, 11) is 1.74. The Morgan fingerprint density at radius 3 is 2.75 bits per heavy atom. The third-order valence-corrected chi connectivity index (χ3v) is 3.19. The Bertz CT molecular complexity index is 317. The monoisotopic (exact) mass is 285 g/mol. The molecule has 0 radical (unpaired) electrons. The zero-order valence-corrected chi connectivity index (χ0v) is 11.8. The van der Waals surface area contributed by atoms with Gasteiger partial charge in [0.15, 0.2) is 0 Å². The molecule has 2 nitrogen and oxygen atoms in total. The minimum Gasteiger partial charge on any atom is -0.383 e. The van der Waals surface area contributed by atoms with E-state index in [-0.39, 0.29) is 0 Å². The Labute approximate surface area is 107 Å². The fourth-order valence-corrected chi connectivity index (χ4v) is 2.13. The first kappa shape index (κ1) is 13.7. The number of rotatable bonds is 6. The van der Waals surface area contributed by atoms with Gasteiger partial charge in [-0.2, -0.15) is 0 Å². The predicted molar refractivity (Wildman–Crippen MR) is 71.6 cm³/mol. The standard InChI is InChI=1S/C13H20BrNO/c1-4-13(9-16-3)15-10(2)11-6-5-7-12(14)8-11/h5-8,10,13,15H,4,9H2,1-3H3/t10-,13?/m0/s1. The highest BCUT2D eigenvalue weighted by Crippen LogP contribution is 2.18. The second-order valence-corrected chi connectivity index (χ2v) is 4.92. The average molecular weight is 286 g/mol. The van der Waals surface area contributed by atoms with E-state index in [1.54, 1.807) is 7.11 Å². The summed E-state index contributed by atoms with van der Waals surface area (Å²) >= 11 is 3.49. The molecule has 0 saturated heterocycles. The van der Waals surface area contributed by atoms with Gasteiger partial charge in [-0.1, -0.05) is 35.0 Å². The summed E-state index contributed by atoms with van der Waals surface area (Å²) in [6.07, 6.45) is 1.08. The highest BCUT2D eigenvalue weighted by molar-refractivity contribution is 9.10. The predicted octanol–water partition coefficient (Wildman–Crippen LogP) is 3.52. The summed E-state index contributed by atoms with van der Waals surface area (Å²) in [4.78, 5) is 0. The van der Waals surface area contributed by atoms with E-state index in [1.807, 2.05) is 6.07 Å². The molecule has 0 spiro atoms. The molecule has 1 unspecified atom stereocenters. The number of benzene rings is 1. The Kier molecular flexibility index (Phi) is 6.03. The smallest absolute Gasteiger partial charge is 0.0615 e. The van der Waals surface area contributed by atoms with Crippen molar-refractivity contribution < 1.29 is 4.74 Å². The van der Waals surface area contributed by atoms with Gasteiger partial charge in [0.25, 0.3) is 0 Å². The minimum absolute atomic E-state index is 0.345. The van der Waals surface area contributed by atoms with Crippen LogP contribution in [-0.4, -0.2) is 19.8 Å². The van der Waals surface area contributed by atoms with Crippen LogP contribution in [-0.2, 0) is 4.74 Å². The van der Waals surface area contributed by atoms with Crippen molar-refractivity contribution in [1.29, 1.82) is 0 Å². The summed E-state index contributed by atoms with van der Waals surface area (Å²) in [6, 6.07) is 9.16. The molecular formula is C13H20BrNO. The van der Waals surface area contributed by atoms with Crippen molar-refractivity contribution in [2.75, 3.05) is 13.7 Å². The molecule has 0 saturated carbocycles. The van der Waals surface area contributed by atoms with Gasteiger partial charge in [0, 0.05) is 23.7 Å². The molecule has 0 aliphatic rings. The number of hydrogen-bond acceptors (Lipinski definition) is 2. The van der Waals surface area contributed by atoms with Crippen LogP contribution < -0.4 is 5.32 Å². The topological polar surface area (TPSA) is 21.3 Å². The van der Waals surface area contributed by atoms with E-state index in [0.717, 1.165) is 17.5 Å². The Balaban J connectivity index is 2.60. The molecule has 0 aromatic heterocycles. The van der Waals surface area contributed by atoms with Crippen molar-refractivity contribution in [3.05, 3.63) is 34.3 Å². The maximum Gasteiger partial charge on any atom is 0.0615 e.